The Morgan fingerprint density at radius 1 is 0.833 bits per heavy atom. The van der Waals surface area contributed by atoms with Gasteiger partial charge in [0.1, 0.15) is 0 Å². The largest absolute Gasteiger partial charge is 0.381 e. The minimum Gasteiger partial charge on any atom is -0.381 e. The molecule has 2 aliphatic carbocycles. The van der Waals surface area contributed by atoms with E-state index in [4.69, 9.17) is 4.74 Å². The van der Waals surface area contributed by atoms with E-state index < -0.39 is 0 Å². The Kier molecular flexibility index (Phi) is 9.29. The standard InChI is InChI=1S/C23H36O/c1-3-4-9-20-12-14-21(15-13-20)10-7-5-6-8-11-22-16-18-23(24-2)19-17-22/h7-8,10-11,20-23H,3-4,9,12-19H2,1-2H3. The van der Waals surface area contributed by atoms with E-state index in [1.807, 2.05) is 7.11 Å². The lowest BCUT2D eigenvalue weighted by atomic mass is 9.80. The first-order chi connectivity index (χ1) is 11.8. The van der Waals surface area contributed by atoms with Gasteiger partial charge in [0.25, 0.3) is 0 Å². The summed E-state index contributed by atoms with van der Waals surface area (Å²) in [6.07, 6.45) is 23.9. The smallest absolute Gasteiger partial charge is 0.0571 e. The van der Waals surface area contributed by atoms with Gasteiger partial charge in [-0.15, -0.1) is 0 Å². The average molecular weight is 329 g/mol. The maximum atomic E-state index is 5.42. The van der Waals surface area contributed by atoms with Crippen LogP contribution >= 0.6 is 0 Å². The van der Waals surface area contributed by atoms with Gasteiger partial charge in [0.2, 0.25) is 0 Å². The van der Waals surface area contributed by atoms with E-state index in [0.29, 0.717) is 12.0 Å². The van der Waals surface area contributed by atoms with Crippen LogP contribution in [-0.4, -0.2) is 13.2 Å². The van der Waals surface area contributed by atoms with Crippen LogP contribution in [0.3, 0.4) is 0 Å². The molecule has 0 unspecified atom stereocenters. The molecule has 2 saturated carbocycles. The van der Waals surface area contributed by atoms with Gasteiger partial charge in [-0.1, -0.05) is 50.2 Å². The number of unbranched alkanes of at least 4 members (excludes halogenated alkanes) is 1. The minimum atomic E-state index is 0.487. The fraction of sp³-hybridized carbons (Fsp3) is 0.739. The van der Waals surface area contributed by atoms with Gasteiger partial charge in [-0.05, 0) is 81.3 Å². The Bertz CT molecular complexity index is 434. The van der Waals surface area contributed by atoms with Crippen molar-refractivity contribution in [2.45, 2.75) is 83.7 Å². The van der Waals surface area contributed by atoms with Crippen LogP contribution in [0.15, 0.2) is 24.3 Å². The maximum absolute atomic E-state index is 5.42. The van der Waals surface area contributed by atoms with Crippen LogP contribution in [0.25, 0.3) is 0 Å². The summed E-state index contributed by atoms with van der Waals surface area (Å²) in [7, 11) is 1.83. The highest BCUT2D eigenvalue weighted by atomic mass is 16.5. The van der Waals surface area contributed by atoms with Crippen molar-refractivity contribution in [1.82, 2.24) is 0 Å². The third-order valence-electron chi connectivity index (χ3n) is 5.90. The van der Waals surface area contributed by atoms with Crippen molar-refractivity contribution < 1.29 is 4.74 Å². The molecule has 0 bridgehead atoms. The Morgan fingerprint density at radius 2 is 1.38 bits per heavy atom. The zero-order chi connectivity index (χ0) is 17.0. The highest BCUT2D eigenvalue weighted by molar-refractivity contribution is 5.24. The third kappa shape index (κ3) is 7.27. The van der Waals surface area contributed by atoms with Gasteiger partial charge in [-0.3, -0.25) is 0 Å². The normalized spacial score (nSPS) is 31.2. The highest BCUT2D eigenvalue weighted by Gasteiger charge is 2.19. The zero-order valence-corrected chi connectivity index (χ0v) is 15.8. The fourth-order valence-electron chi connectivity index (χ4n) is 4.14. The molecular formula is C23H36O. The Balaban J connectivity index is 1.61. The molecular weight excluding hydrogens is 292 g/mol. The van der Waals surface area contributed by atoms with E-state index in [1.54, 1.807) is 0 Å². The summed E-state index contributed by atoms with van der Waals surface area (Å²) in [6.45, 7) is 2.30. The van der Waals surface area contributed by atoms with Crippen molar-refractivity contribution in [2.24, 2.45) is 17.8 Å². The Hall–Kier alpha value is -1.00. The molecule has 0 aliphatic heterocycles. The van der Waals surface area contributed by atoms with E-state index in [0.717, 1.165) is 11.8 Å². The van der Waals surface area contributed by atoms with Crippen molar-refractivity contribution in [2.75, 3.05) is 7.11 Å². The number of rotatable bonds is 6. The molecule has 2 fully saturated rings. The first-order valence-corrected chi connectivity index (χ1v) is 10.2. The van der Waals surface area contributed by atoms with E-state index >= 15 is 0 Å². The summed E-state index contributed by atoms with van der Waals surface area (Å²) in [4.78, 5) is 0. The molecule has 0 aromatic carbocycles. The average Bonchev–Trinajstić information content (AvgIpc) is 2.64. The van der Waals surface area contributed by atoms with Crippen molar-refractivity contribution in [3.8, 4) is 11.8 Å². The summed E-state index contributed by atoms with van der Waals surface area (Å²) in [5.41, 5.74) is 0. The molecule has 2 rings (SSSR count). The molecule has 0 heterocycles. The minimum absolute atomic E-state index is 0.487. The first-order valence-electron chi connectivity index (χ1n) is 10.2. The van der Waals surface area contributed by atoms with Crippen molar-refractivity contribution in [3.63, 3.8) is 0 Å². The molecule has 0 aromatic heterocycles. The van der Waals surface area contributed by atoms with E-state index in [-0.39, 0.29) is 0 Å². The summed E-state index contributed by atoms with van der Waals surface area (Å²) in [6, 6.07) is 0. The van der Waals surface area contributed by atoms with Crippen molar-refractivity contribution in [1.29, 1.82) is 0 Å². The van der Waals surface area contributed by atoms with Crippen molar-refractivity contribution >= 4 is 0 Å². The summed E-state index contributed by atoms with van der Waals surface area (Å²) in [5, 5.41) is 0. The molecule has 0 atom stereocenters. The fourth-order valence-corrected chi connectivity index (χ4v) is 4.14. The quantitative estimate of drug-likeness (QED) is 0.520. The van der Waals surface area contributed by atoms with Gasteiger partial charge < -0.3 is 4.74 Å². The van der Waals surface area contributed by atoms with Gasteiger partial charge in [-0.2, -0.15) is 0 Å². The second-order valence-corrected chi connectivity index (χ2v) is 7.70. The van der Waals surface area contributed by atoms with Gasteiger partial charge >= 0.3 is 0 Å². The molecule has 0 amide bonds. The second-order valence-electron chi connectivity index (χ2n) is 7.70. The van der Waals surface area contributed by atoms with E-state index in [1.165, 1.54) is 70.6 Å². The number of methoxy groups -OCH3 is 1. The third-order valence-corrected chi connectivity index (χ3v) is 5.90. The highest BCUT2D eigenvalue weighted by Crippen LogP contribution is 2.32. The van der Waals surface area contributed by atoms with E-state index in [9.17, 15) is 0 Å². The zero-order valence-electron chi connectivity index (χ0n) is 15.8. The van der Waals surface area contributed by atoms with Gasteiger partial charge in [0, 0.05) is 7.11 Å². The molecule has 0 aromatic rings. The van der Waals surface area contributed by atoms with Crippen molar-refractivity contribution in [3.05, 3.63) is 24.3 Å². The maximum Gasteiger partial charge on any atom is 0.0571 e. The molecule has 0 N–H and O–H groups in total. The molecule has 1 heteroatoms. The van der Waals surface area contributed by atoms with E-state index in [2.05, 4.69) is 43.1 Å². The molecule has 0 spiro atoms. The van der Waals surface area contributed by atoms with Crippen LogP contribution in [-0.2, 0) is 4.74 Å². The predicted molar refractivity (Wildman–Crippen MR) is 104 cm³/mol. The number of hydrogen-bond donors (Lipinski definition) is 0. The number of hydrogen-bond acceptors (Lipinski definition) is 1. The topological polar surface area (TPSA) is 9.23 Å². The SMILES string of the molecule is CCCCC1CCC(C=CC#CC=CC2CCC(OC)CC2)CC1. The number of allylic oxidation sites excluding steroid dienone is 4. The predicted octanol–water partition coefficient (Wildman–Crippen LogP) is 6.30. The van der Waals surface area contributed by atoms with Gasteiger partial charge in [0.05, 0.1) is 6.10 Å². The van der Waals surface area contributed by atoms with Crippen LogP contribution < -0.4 is 0 Å². The van der Waals surface area contributed by atoms with Crippen LogP contribution in [0, 0.1) is 29.6 Å². The van der Waals surface area contributed by atoms with Crippen LogP contribution in [0.2, 0.25) is 0 Å². The summed E-state index contributed by atoms with van der Waals surface area (Å²) < 4.78 is 5.42. The molecule has 1 nitrogen and oxygen atoms in total. The second kappa shape index (κ2) is 11.5. The lowest BCUT2D eigenvalue weighted by Gasteiger charge is -2.26. The molecule has 0 radical (unpaired) electrons. The Morgan fingerprint density at radius 3 is 1.88 bits per heavy atom. The van der Waals surface area contributed by atoms with Crippen LogP contribution in [0.4, 0.5) is 0 Å². The summed E-state index contributed by atoms with van der Waals surface area (Å²) in [5.74, 6) is 8.85. The molecule has 2 aliphatic rings. The molecule has 134 valence electrons. The lowest BCUT2D eigenvalue weighted by Crippen LogP contribution is -2.19. The van der Waals surface area contributed by atoms with Gasteiger partial charge in [-0.25, -0.2) is 0 Å². The molecule has 24 heavy (non-hydrogen) atoms. The first kappa shape index (κ1) is 19.3. The van der Waals surface area contributed by atoms with Crippen LogP contribution in [0.5, 0.6) is 0 Å². The monoisotopic (exact) mass is 328 g/mol. The lowest BCUT2D eigenvalue weighted by molar-refractivity contribution is 0.0627. The Labute approximate surface area is 149 Å². The molecule has 0 saturated heterocycles. The van der Waals surface area contributed by atoms with Gasteiger partial charge in [0.15, 0.2) is 0 Å². The summed E-state index contributed by atoms with van der Waals surface area (Å²) >= 11 is 0. The van der Waals surface area contributed by atoms with Crippen LogP contribution in [0.1, 0.15) is 77.6 Å². The number of ether oxygens (including phenoxy) is 1.